The predicted octanol–water partition coefficient (Wildman–Crippen LogP) is 4.59. The van der Waals surface area contributed by atoms with E-state index in [0.717, 1.165) is 18.9 Å². The summed E-state index contributed by atoms with van der Waals surface area (Å²) in [4.78, 5) is 2.67. The molecular weight excluding hydrogens is 306 g/mol. The van der Waals surface area contributed by atoms with Crippen LogP contribution < -0.4 is 10.6 Å². The maximum atomic E-state index is 3.56. The van der Waals surface area contributed by atoms with Gasteiger partial charge in [0.15, 0.2) is 0 Å². The fourth-order valence-corrected chi connectivity index (χ4v) is 3.57. The summed E-state index contributed by atoms with van der Waals surface area (Å²) in [5.41, 5.74) is 5.41. The maximum Gasteiger partial charge on any atom is 0.0414 e. The van der Waals surface area contributed by atoms with Gasteiger partial charge in [0.05, 0.1) is 0 Å². The van der Waals surface area contributed by atoms with E-state index in [1.165, 1.54) is 68.0 Å². The molecule has 1 saturated heterocycles. The van der Waals surface area contributed by atoms with Crippen molar-refractivity contribution in [3.8, 4) is 0 Å². The van der Waals surface area contributed by atoms with Crippen LogP contribution in [-0.2, 0) is 12.8 Å². The number of allylic oxidation sites excluding steroid dienone is 2. The summed E-state index contributed by atoms with van der Waals surface area (Å²) in [7, 11) is 0. The summed E-state index contributed by atoms with van der Waals surface area (Å²) < 4.78 is 0. The number of benzene rings is 1. The van der Waals surface area contributed by atoms with Crippen LogP contribution in [0.15, 0.2) is 30.0 Å². The summed E-state index contributed by atoms with van der Waals surface area (Å²) in [6, 6.07) is 7.74. The quantitative estimate of drug-likeness (QED) is 0.615. The average Bonchev–Trinajstić information content (AvgIpc) is 2.54. The van der Waals surface area contributed by atoms with Crippen LogP contribution in [0.25, 0.3) is 0 Å². The molecule has 0 aliphatic carbocycles. The molecule has 0 radical (unpaired) electrons. The Morgan fingerprint density at radius 2 is 2.04 bits per heavy atom. The number of nitrogens with zero attached hydrogens (tertiary/aromatic N) is 1. The lowest BCUT2D eigenvalue weighted by Crippen LogP contribution is -2.57. The zero-order chi connectivity index (χ0) is 18.1. The van der Waals surface area contributed by atoms with E-state index >= 15 is 0 Å². The second-order valence-corrected chi connectivity index (χ2v) is 7.22. The summed E-state index contributed by atoms with van der Waals surface area (Å²) in [6.45, 7) is 13.7. The van der Waals surface area contributed by atoms with Crippen LogP contribution in [0.5, 0.6) is 0 Å². The molecule has 0 spiro atoms. The van der Waals surface area contributed by atoms with Gasteiger partial charge in [-0.1, -0.05) is 39.0 Å². The predicted molar refractivity (Wildman–Crippen MR) is 110 cm³/mol. The van der Waals surface area contributed by atoms with Crippen LogP contribution in [0.1, 0.15) is 58.1 Å². The Kier molecular flexibility index (Phi) is 8.50. The molecule has 0 aromatic heterocycles. The van der Waals surface area contributed by atoms with Crippen molar-refractivity contribution in [2.45, 2.75) is 65.8 Å². The molecule has 1 aliphatic heterocycles. The number of rotatable bonds is 11. The summed E-state index contributed by atoms with van der Waals surface area (Å²) in [6.07, 6.45) is 8.07. The molecule has 0 saturated carbocycles. The Balaban J connectivity index is 1.90. The summed E-state index contributed by atoms with van der Waals surface area (Å²) in [5, 5.41) is 6.96. The van der Waals surface area contributed by atoms with E-state index in [0.29, 0.717) is 0 Å². The van der Waals surface area contributed by atoms with Crippen molar-refractivity contribution in [1.82, 2.24) is 10.2 Å². The molecular formula is C22H37N3. The minimum Gasteiger partial charge on any atom is -0.359 e. The van der Waals surface area contributed by atoms with Gasteiger partial charge in [0, 0.05) is 30.5 Å². The molecule has 1 heterocycles. The van der Waals surface area contributed by atoms with Crippen LogP contribution in [-0.4, -0.2) is 37.1 Å². The van der Waals surface area contributed by atoms with Gasteiger partial charge in [0.2, 0.25) is 0 Å². The van der Waals surface area contributed by atoms with E-state index in [4.69, 9.17) is 0 Å². The molecule has 2 N–H and O–H groups in total. The first kappa shape index (κ1) is 20.0. The fourth-order valence-electron chi connectivity index (χ4n) is 3.57. The first-order valence-corrected chi connectivity index (χ1v) is 10.2. The van der Waals surface area contributed by atoms with Gasteiger partial charge >= 0.3 is 0 Å². The SMILES string of the molecule is CC/C=C(/C)Nc1ccc(CCCN(CCC)C2CNC2)cc1CC. The Morgan fingerprint density at radius 3 is 2.64 bits per heavy atom. The standard InChI is InChI=1S/C22H37N3/c1-5-9-18(4)24-22-12-11-19(15-20(22)7-3)10-8-14-25(13-6-2)21-16-23-17-21/h9,11-12,15,21,23-24H,5-8,10,13-14,16-17H2,1-4H3/b18-9-. The van der Waals surface area contributed by atoms with Gasteiger partial charge in [-0.3, -0.25) is 4.90 Å². The molecule has 25 heavy (non-hydrogen) atoms. The highest BCUT2D eigenvalue weighted by Crippen LogP contribution is 2.21. The third-order valence-corrected chi connectivity index (χ3v) is 5.09. The normalized spacial score (nSPS) is 15.5. The first-order chi connectivity index (χ1) is 12.2. The van der Waals surface area contributed by atoms with Gasteiger partial charge in [-0.05, 0) is 69.3 Å². The Hall–Kier alpha value is -1.32. The average molecular weight is 344 g/mol. The van der Waals surface area contributed by atoms with E-state index in [2.05, 4.69) is 67.5 Å². The molecule has 1 aromatic rings. The summed E-state index contributed by atoms with van der Waals surface area (Å²) in [5.74, 6) is 0. The third-order valence-electron chi connectivity index (χ3n) is 5.09. The second-order valence-electron chi connectivity index (χ2n) is 7.22. The third kappa shape index (κ3) is 6.16. The van der Waals surface area contributed by atoms with Crippen molar-refractivity contribution in [1.29, 1.82) is 0 Å². The monoisotopic (exact) mass is 343 g/mol. The molecule has 1 aromatic carbocycles. The lowest BCUT2D eigenvalue weighted by atomic mass is 10.0. The highest BCUT2D eigenvalue weighted by Gasteiger charge is 2.23. The molecule has 140 valence electrons. The lowest BCUT2D eigenvalue weighted by molar-refractivity contribution is 0.144. The van der Waals surface area contributed by atoms with Crippen LogP contribution in [0.2, 0.25) is 0 Å². The lowest BCUT2D eigenvalue weighted by Gasteiger charge is -2.38. The van der Waals surface area contributed by atoms with Gasteiger partial charge < -0.3 is 10.6 Å². The van der Waals surface area contributed by atoms with Crippen molar-refractivity contribution >= 4 is 5.69 Å². The van der Waals surface area contributed by atoms with Crippen LogP contribution >= 0.6 is 0 Å². The minimum absolute atomic E-state index is 0.769. The van der Waals surface area contributed by atoms with E-state index in [9.17, 15) is 0 Å². The van der Waals surface area contributed by atoms with Gasteiger partial charge in [-0.15, -0.1) is 0 Å². The Labute approximate surface area is 154 Å². The van der Waals surface area contributed by atoms with Gasteiger partial charge in [-0.25, -0.2) is 0 Å². The van der Waals surface area contributed by atoms with E-state index < -0.39 is 0 Å². The molecule has 0 amide bonds. The number of anilines is 1. The molecule has 0 atom stereocenters. The number of hydrogen-bond donors (Lipinski definition) is 2. The highest BCUT2D eigenvalue weighted by molar-refractivity contribution is 5.56. The van der Waals surface area contributed by atoms with Crippen molar-refractivity contribution in [3.63, 3.8) is 0 Å². The zero-order valence-electron chi connectivity index (χ0n) is 16.7. The zero-order valence-corrected chi connectivity index (χ0v) is 16.7. The highest BCUT2D eigenvalue weighted by atomic mass is 15.2. The van der Waals surface area contributed by atoms with Crippen molar-refractivity contribution < 1.29 is 0 Å². The summed E-state index contributed by atoms with van der Waals surface area (Å²) >= 11 is 0. The fraction of sp³-hybridized carbons (Fsp3) is 0.636. The van der Waals surface area contributed by atoms with Crippen LogP contribution in [0, 0.1) is 0 Å². The minimum atomic E-state index is 0.769. The van der Waals surface area contributed by atoms with E-state index in [-0.39, 0.29) is 0 Å². The van der Waals surface area contributed by atoms with Gasteiger partial charge in [0.1, 0.15) is 0 Å². The number of nitrogens with one attached hydrogen (secondary N) is 2. The molecule has 0 bridgehead atoms. The van der Waals surface area contributed by atoms with E-state index in [1.54, 1.807) is 0 Å². The van der Waals surface area contributed by atoms with Crippen LogP contribution in [0.3, 0.4) is 0 Å². The topological polar surface area (TPSA) is 27.3 Å². The van der Waals surface area contributed by atoms with Crippen molar-refractivity contribution in [2.24, 2.45) is 0 Å². The van der Waals surface area contributed by atoms with Crippen molar-refractivity contribution in [3.05, 3.63) is 41.1 Å². The molecule has 3 nitrogen and oxygen atoms in total. The molecule has 2 rings (SSSR count). The maximum absolute atomic E-state index is 3.56. The van der Waals surface area contributed by atoms with Crippen LogP contribution in [0.4, 0.5) is 5.69 Å². The molecule has 3 heteroatoms. The Morgan fingerprint density at radius 1 is 1.24 bits per heavy atom. The second kappa shape index (κ2) is 10.6. The Bertz CT molecular complexity index is 546. The van der Waals surface area contributed by atoms with Crippen molar-refractivity contribution in [2.75, 3.05) is 31.5 Å². The van der Waals surface area contributed by atoms with E-state index in [1.807, 2.05) is 0 Å². The smallest absolute Gasteiger partial charge is 0.0414 e. The largest absolute Gasteiger partial charge is 0.359 e. The molecule has 1 aliphatic rings. The number of aryl methyl sites for hydroxylation is 2. The first-order valence-electron chi connectivity index (χ1n) is 10.2. The van der Waals surface area contributed by atoms with Gasteiger partial charge in [-0.2, -0.15) is 0 Å². The number of hydrogen-bond acceptors (Lipinski definition) is 3. The molecule has 1 fully saturated rings. The van der Waals surface area contributed by atoms with Gasteiger partial charge in [0.25, 0.3) is 0 Å². The molecule has 0 unspecified atom stereocenters.